The summed E-state index contributed by atoms with van der Waals surface area (Å²) in [6.07, 6.45) is 0.849. The maximum absolute atomic E-state index is 14.0. The number of aromatic nitrogens is 2. The second kappa shape index (κ2) is 13.5. The van der Waals surface area contributed by atoms with E-state index in [-0.39, 0.29) is 25.5 Å². The normalized spacial score (nSPS) is 15.4. The van der Waals surface area contributed by atoms with E-state index in [4.69, 9.17) is 19.6 Å². The van der Waals surface area contributed by atoms with Gasteiger partial charge in [-0.25, -0.2) is 19.9 Å². The third kappa shape index (κ3) is 8.71. The largest absolute Gasteiger partial charge is 0.443 e. The number of para-hydroxylation sites is 1. The SMILES string of the molecule is CC(C)(C)C(=O)CC1N=C(c2ccn(COCC[Si](C)(C)C)n2)c2ccccc2N(NC(=O)OCc2ccccc2)C1=O. The van der Waals surface area contributed by atoms with Gasteiger partial charge in [-0.1, -0.05) is 88.9 Å². The van der Waals surface area contributed by atoms with E-state index in [1.54, 1.807) is 43.8 Å². The van der Waals surface area contributed by atoms with Crippen molar-refractivity contribution >= 4 is 37.3 Å². The summed E-state index contributed by atoms with van der Waals surface area (Å²) in [5.74, 6) is -0.682. The lowest BCUT2D eigenvalue weighted by Gasteiger charge is -2.26. The van der Waals surface area contributed by atoms with Crippen molar-refractivity contribution in [1.29, 1.82) is 0 Å². The topological polar surface area (TPSA) is 115 Å². The van der Waals surface area contributed by atoms with Crippen LogP contribution >= 0.6 is 0 Å². The Morgan fingerprint density at radius 3 is 2.40 bits per heavy atom. The molecule has 3 aromatic rings. The summed E-state index contributed by atoms with van der Waals surface area (Å²) < 4.78 is 13.0. The van der Waals surface area contributed by atoms with Crippen LogP contribution in [0.15, 0.2) is 71.9 Å². The van der Waals surface area contributed by atoms with E-state index in [0.717, 1.165) is 16.6 Å². The number of carbonyl (C=O) groups is 3. The maximum Gasteiger partial charge on any atom is 0.426 e. The van der Waals surface area contributed by atoms with Gasteiger partial charge in [0.2, 0.25) is 0 Å². The first-order valence-corrected chi connectivity index (χ1v) is 18.2. The molecule has 0 aliphatic carbocycles. The quantitative estimate of drug-likeness (QED) is 0.226. The molecular weight excluding hydrogens is 562 g/mol. The molecule has 1 aromatic heterocycles. The number of benzodiazepines with no additional fused rings is 1. The van der Waals surface area contributed by atoms with E-state index in [1.807, 2.05) is 48.5 Å². The van der Waals surface area contributed by atoms with Crippen LogP contribution in [0.5, 0.6) is 0 Å². The number of rotatable bonds is 11. The highest BCUT2D eigenvalue weighted by Crippen LogP contribution is 2.29. The van der Waals surface area contributed by atoms with Crippen molar-refractivity contribution in [2.24, 2.45) is 10.4 Å². The molecule has 0 saturated carbocycles. The molecule has 0 fully saturated rings. The summed E-state index contributed by atoms with van der Waals surface area (Å²) in [4.78, 5) is 44.8. The molecule has 228 valence electrons. The minimum absolute atomic E-state index is 0.0293. The molecule has 1 aliphatic heterocycles. The fourth-order valence-corrected chi connectivity index (χ4v) is 5.05. The Labute approximate surface area is 254 Å². The molecule has 0 saturated heterocycles. The maximum atomic E-state index is 14.0. The summed E-state index contributed by atoms with van der Waals surface area (Å²) in [5.41, 5.74) is 4.66. The number of ether oxygens (including phenoxy) is 2. The number of hydrogen-bond acceptors (Lipinski definition) is 7. The highest BCUT2D eigenvalue weighted by Gasteiger charge is 2.37. The summed E-state index contributed by atoms with van der Waals surface area (Å²) in [5, 5.41) is 5.83. The van der Waals surface area contributed by atoms with Gasteiger partial charge in [0.25, 0.3) is 5.91 Å². The average molecular weight is 604 g/mol. The molecule has 10 nitrogen and oxygen atoms in total. The lowest BCUT2D eigenvalue weighted by Crippen LogP contribution is -2.50. The van der Waals surface area contributed by atoms with Crippen LogP contribution in [-0.4, -0.2) is 54.0 Å². The van der Waals surface area contributed by atoms with E-state index < -0.39 is 31.5 Å². The van der Waals surface area contributed by atoms with Crippen molar-refractivity contribution < 1.29 is 23.9 Å². The summed E-state index contributed by atoms with van der Waals surface area (Å²) >= 11 is 0. The summed E-state index contributed by atoms with van der Waals surface area (Å²) in [6.45, 7) is 13.3. The molecular formula is C32H41N5O5Si. The van der Waals surface area contributed by atoms with Crippen molar-refractivity contribution in [1.82, 2.24) is 15.2 Å². The van der Waals surface area contributed by atoms with E-state index in [1.165, 1.54) is 0 Å². The Morgan fingerprint density at radius 2 is 1.70 bits per heavy atom. The number of ketones is 1. The molecule has 2 heterocycles. The van der Waals surface area contributed by atoms with Gasteiger partial charge >= 0.3 is 6.09 Å². The van der Waals surface area contributed by atoms with Gasteiger partial charge in [-0.15, -0.1) is 0 Å². The van der Waals surface area contributed by atoms with Gasteiger partial charge in [-0.3, -0.25) is 14.6 Å². The molecule has 1 aliphatic rings. The lowest BCUT2D eigenvalue weighted by molar-refractivity contribution is -0.129. The van der Waals surface area contributed by atoms with Crippen molar-refractivity contribution in [3.8, 4) is 0 Å². The van der Waals surface area contributed by atoms with Crippen LogP contribution in [0, 0.1) is 5.41 Å². The summed E-state index contributed by atoms with van der Waals surface area (Å²) in [6, 6.07) is 18.1. The summed E-state index contributed by atoms with van der Waals surface area (Å²) in [7, 11) is -1.22. The minimum atomic E-state index is -1.22. The molecule has 4 rings (SSSR count). The zero-order valence-corrected chi connectivity index (χ0v) is 26.8. The second-order valence-corrected chi connectivity index (χ2v) is 18.4. The van der Waals surface area contributed by atoms with Crippen molar-refractivity contribution in [2.45, 2.75) is 72.3 Å². The standard InChI is InChI=1S/C32H41N5O5Si/c1-32(2,3)28(38)20-26-30(39)37(35-31(40)42-21-23-12-8-7-9-13-23)27-15-11-10-14-24(27)29(33-26)25-16-17-36(34-25)22-41-18-19-43(4,5)6/h7-17,26H,18-22H2,1-6H3,(H,35,40). The second-order valence-electron chi connectivity index (χ2n) is 12.8. The Balaban J connectivity index is 1.64. The average Bonchev–Trinajstić information content (AvgIpc) is 3.39. The van der Waals surface area contributed by atoms with Crippen molar-refractivity contribution in [3.63, 3.8) is 0 Å². The number of anilines is 1. The number of hydrogen-bond donors (Lipinski definition) is 1. The molecule has 1 N–H and O–H groups in total. The highest BCUT2D eigenvalue weighted by molar-refractivity contribution is 6.76. The Hall–Kier alpha value is -4.09. The molecule has 0 radical (unpaired) electrons. The van der Waals surface area contributed by atoms with Crippen molar-refractivity contribution in [2.75, 3.05) is 11.6 Å². The highest BCUT2D eigenvalue weighted by atomic mass is 28.3. The Kier molecular flexibility index (Phi) is 9.97. The fourth-order valence-electron chi connectivity index (χ4n) is 4.29. The Bertz CT molecular complexity index is 1470. The Morgan fingerprint density at radius 1 is 1.00 bits per heavy atom. The molecule has 0 bridgehead atoms. The van der Waals surface area contributed by atoms with E-state index in [2.05, 4.69) is 25.1 Å². The van der Waals surface area contributed by atoms with Crippen LogP contribution in [0.3, 0.4) is 0 Å². The smallest absolute Gasteiger partial charge is 0.426 e. The van der Waals surface area contributed by atoms with Crippen LogP contribution in [0.25, 0.3) is 0 Å². The fraction of sp³-hybridized carbons (Fsp3) is 0.406. The predicted octanol–water partition coefficient (Wildman–Crippen LogP) is 5.59. The van der Waals surface area contributed by atoms with Gasteiger partial charge in [0.1, 0.15) is 30.9 Å². The molecule has 2 amide bonds. The van der Waals surface area contributed by atoms with Crippen molar-refractivity contribution in [3.05, 3.63) is 83.7 Å². The van der Waals surface area contributed by atoms with Gasteiger partial charge in [0.15, 0.2) is 0 Å². The number of nitrogens with one attached hydrogen (secondary N) is 1. The van der Waals surface area contributed by atoms with Crippen LogP contribution in [0.4, 0.5) is 10.5 Å². The van der Waals surface area contributed by atoms with Crippen LogP contribution in [-0.2, 0) is 32.4 Å². The third-order valence-corrected chi connectivity index (χ3v) is 8.63. The minimum Gasteiger partial charge on any atom is -0.443 e. The van der Waals surface area contributed by atoms with Crippen LogP contribution < -0.4 is 10.4 Å². The van der Waals surface area contributed by atoms with Crippen LogP contribution in [0.2, 0.25) is 25.7 Å². The first kappa shape index (κ1) is 31.8. The monoisotopic (exact) mass is 603 g/mol. The predicted molar refractivity (Wildman–Crippen MR) is 169 cm³/mol. The molecule has 43 heavy (non-hydrogen) atoms. The van der Waals surface area contributed by atoms with Gasteiger partial charge < -0.3 is 9.47 Å². The molecule has 11 heteroatoms. The number of aliphatic imine (C=N–C) groups is 1. The van der Waals surface area contributed by atoms with Gasteiger partial charge in [-0.05, 0) is 23.7 Å². The van der Waals surface area contributed by atoms with Gasteiger partial charge in [0.05, 0.1) is 11.4 Å². The van der Waals surface area contributed by atoms with E-state index >= 15 is 0 Å². The lowest BCUT2D eigenvalue weighted by atomic mass is 9.87. The number of nitrogens with zero attached hydrogens (tertiary/aromatic N) is 4. The number of Topliss-reactive ketones (excluding diaryl/α,β-unsaturated/α-hetero) is 1. The molecule has 1 atom stereocenters. The zero-order valence-electron chi connectivity index (χ0n) is 25.8. The third-order valence-electron chi connectivity index (χ3n) is 6.92. The zero-order chi connectivity index (χ0) is 31.2. The first-order chi connectivity index (χ1) is 20.3. The van der Waals surface area contributed by atoms with E-state index in [0.29, 0.717) is 29.3 Å². The van der Waals surface area contributed by atoms with Gasteiger partial charge in [0, 0.05) is 38.3 Å². The van der Waals surface area contributed by atoms with Crippen LogP contribution in [0.1, 0.15) is 44.0 Å². The number of fused-ring (bicyclic) bond motifs is 1. The first-order valence-electron chi connectivity index (χ1n) is 14.5. The van der Waals surface area contributed by atoms with E-state index in [9.17, 15) is 14.4 Å². The number of amides is 2. The number of benzene rings is 2. The number of carbonyl (C=O) groups excluding carboxylic acids is 3. The number of hydrazine groups is 1. The molecule has 0 spiro atoms. The molecule has 2 aromatic carbocycles. The van der Waals surface area contributed by atoms with Gasteiger partial charge in [-0.2, -0.15) is 5.10 Å². The molecule has 1 unspecified atom stereocenters.